The molecule has 0 saturated heterocycles. The van der Waals surface area contributed by atoms with E-state index in [0.717, 1.165) is 5.75 Å². The molecule has 0 radical (unpaired) electrons. The predicted octanol–water partition coefficient (Wildman–Crippen LogP) is 2.74. The molecule has 13 heavy (non-hydrogen) atoms. The fraction of sp³-hybridized carbons (Fsp3) is 0.455. The van der Waals surface area contributed by atoms with Crippen LogP contribution in [0.5, 0.6) is 0 Å². The molecule has 0 heterocycles. The highest BCUT2D eigenvalue weighted by atomic mass is 32.2. The van der Waals surface area contributed by atoms with Crippen molar-refractivity contribution in [2.45, 2.75) is 31.7 Å². The van der Waals surface area contributed by atoms with Crippen LogP contribution < -0.4 is 5.73 Å². The zero-order valence-corrected chi connectivity index (χ0v) is 9.32. The lowest BCUT2D eigenvalue weighted by atomic mass is 10.2. The molecule has 0 fully saturated rings. The summed E-state index contributed by atoms with van der Waals surface area (Å²) in [4.78, 5) is 1.36. The molecule has 2 heteroatoms. The average molecular weight is 195 g/mol. The first-order valence-electron chi connectivity index (χ1n) is 4.55. The van der Waals surface area contributed by atoms with Gasteiger partial charge in [-0.2, -0.15) is 0 Å². The van der Waals surface area contributed by atoms with Gasteiger partial charge in [-0.3, -0.25) is 0 Å². The Hall–Kier alpha value is -0.470. The molecular weight excluding hydrogens is 178 g/mol. The lowest BCUT2D eigenvalue weighted by Gasteiger charge is -2.08. The Kier molecular flexibility index (Phi) is 3.82. The second-order valence-corrected chi connectivity index (χ2v) is 4.62. The molecule has 1 aromatic carbocycles. The molecule has 0 aliphatic heterocycles. The lowest BCUT2D eigenvalue weighted by Crippen LogP contribution is -2.17. The Balaban J connectivity index is 2.70. The normalized spacial score (nSPS) is 12.9. The molecule has 1 atom stereocenters. The van der Waals surface area contributed by atoms with Crippen LogP contribution in [0.3, 0.4) is 0 Å². The number of hydrogen-bond donors (Lipinski definition) is 1. The van der Waals surface area contributed by atoms with Crippen molar-refractivity contribution in [2.75, 3.05) is 5.75 Å². The first-order valence-corrected chi connectivity index (χ1v) is 5.54. The summed E-state index contributed by atoms with van der Waals surface area (Å²) in [5.74, 6) is 0.990. The van der Waals surface area contributed by atoms with Crippen LogP contribution in [0.2, 0.25) is 0 Å². The van der Waals surface area contributed by atoms with E-state index in [1.165, 1.54) is 16.0 Å². The smallest absolute Gasteiger partial charge is 0.0130 e. The highest BCUT2D eigenvalue weighted by Gasteiger charge is 2.01. The van der Waals surface area contributed by atoms with Crippen molar-refractivity contribution in [3.63, 3.8) is 0 Å². The summed E-state index contributed by atoms with van der Waals surface area (Å²) in [6.45, 7) is 6.30. The number of benzene rings is 1. The molecule has 0 spiro atoms. The Morgan fingerprint density at radius 3 is 2.69 bits per heavy atom. The lowest BCUT2D eigenvalue weighted by molar-refractivity contribution is 0.847. The molecule has 0 aliphatic carbocycles. The van der Waals surface area contributed by atoms with Crippen molar-refractivity contribution in [1.29, 1.82) is 0 Å². The maximum Gasteiger partial charge on any atom is 0.0130 e. The predicted molar refractivity (Wildman–Crippen MR) is 60.3 cm³/mol. The Morgan fingerprint density at radius 2 is 2.08 bits per heavy atom. The zero-order valence-electron chi connectivity index (χ0n) is 8.50. The van der Waals surface area contributed by atoms with Gasteiger partial charge in [0.05, 0.1) is 0 Å². The molecule has 0 aliphatic rings. The van der Waals surface area contributed by atoms with E-state index in [1.807, 2.05) is 18.7 Å². The van der Waals surface area contributed by atoms with Gasteiger partial charge in [-0.05, 0) is 32.4 Å². The summed E-state index contributed by atoms with van der Waals surface area (Å²) >= 11 is 1.84. The largest absolute Gasteiger partial charge is 0.327 e. The van der Waals surface area contributed by atoms with Crippen LogP contribution in [-0.2, 0) is 0 Å². The van der Waals surface area contributed by atoms with E-state index in [0.29, 0.717) is 0 Å². The van der Waals surface area contributed by atoms with E-state index in [4.69, 9.17) is 5.73 Å². The SMILES string of the molecule is Cc1ccc(C)c(SC[C@@H](C)N)c1. The van der Waals surface area contributed by atoms with Crippen LogP contribution in [0.15, 0.2) is 23.1 Å². The summed E-state index contributed by atoms with van der Waals surface area (Å²) in [6, 6.07) is 6.80. The third kappa shape index (κ3) is 3.41. The third-order valence-electron chi connectivity index (χ3n) is 1.85. The van der Waals surface area contributed by atoms with Gasteiger partial charge in [-0.1, -0.05) is 17.7 Å². The van der Waals surface area contributed by atoms with Gasteiger partial charge in [0, 0.05) is 16.7 Å². The molecule has 72 valence electrons. The Morgan fingerprint density at radius 1 is 1.38 bits per heavy atom. The van der Waals surface area contributed by atoms with Crippen LogP contribution >= 0.6 is 11.8 Å². The Bertz CT molecular complexity index is 281. The van der Waals surface area contributed by atoms with Gasteiger partial charge in [-0.25, -0.2) is 0 Å². The van der Waals surface area contributed by atoms with E-state index < -0.39 is 0 Å². The van der Waals surface area contributed by atoms with Gasteiger partial charge in [-0.15, -0.1) is 11.8 Å². The van der Waals surface area contributed by atoms with Crippen LogP contribution in [0.25, 0.3) is 0 Å². The summed E-state index contributed by atoms with van der Waals surface area (Å²) in [7, 11) is 0. The number of aryl methyl sites for hydroxylation is 2. The minimum atomic E-state index is 0.268. The standard InChI is InChI=1S/C11H17NS/c1-8-4-5-9(2)11(6-8)13-7-10(3)12/h4-6,10H,7,12H2,1-3H3/t10-/m1/s1. The summed E-state index contributed by atoms with van der Waals surface area (Å²) in [5.41, 5.74) is 8.37. The number of thioether (sulfide) groups is 1. The summed E-state index contributed by atoms with van der Waals surface area (Å²) in [5, 5.41) is 0. The minimum absolute atomic E-state index is 0.268. The Labute approximate surface area is 84.7 Å². The minimum Gasteiger partial charge on any atom is -0.327 e. The molecule has 0 amide bonds. The van der Waals surface area contributed by atoms with Crippen molar-refractivity contribution < 1.29 is 0 Å². The van der Waals surface area contributed by atoms with Crippen molar-refractivity contribution in [3.8, 4) is 0 Å². The first kappa shape index (κ1) is 10.6. The summed E-state index contributed by atoms with van der Waals surface area (Å²) in [6.07, 6.45) is 0. The third-order valence-corrected chi connectivity index (χ3v) is 3.29. The van der Waals surface area contributed by atoms with Gasteiger partial charge >= 0.3 is 0 Å². The van der Waals surface area contributed by atoms with Crippen LogP contribution in [0.1, 0.15) is 18.1 Å². The highest BCUT2D eigenvalue weighted by Crippen LogP contribution is 2.23. The molecule has 0 unspecified atom stereocenters. The quantitative estimate of drug-likeness (QED) is 0.750. The number of rotatable bonds is 3. The van der Waals surface area contributed by atoms with Gasteiger partial charge in [0.1, 0.15) is 0 Å². The van der Waals surface area contributed by atoms with Gasteiger partial charge < -0.3 is 5.73 Å². The van der Waals surface area contributed by atoms with Crippen molar-refractivity contribution >= 4 is 11.8 Å². The molecule has 0 saturated carbocycles. The molecule has 0 bridgehead atoms. The molecule has 0 aromatic heterocycles. The topological polar surface area (TPSA) is 26.0 Å². The molecule has 1 rings (SSSR count). The van der Waals surface area contributed by atoms with Crippen LogP contribution in [-0.4, -0.2) is 11.8 Å². The monoisotopic (exact) mass is 195 g/mol. The maximum absolute atomic E-state index is 5.71. The number of hydrogen-bond acceptors (Lipinski definition) is 2. The van der Waals surface area contributed by atoms with Gasteiger partial charge in [0.25, 0.3) is 0 Å². The van der Waals surface area contributed by atoms with E-state index in [2.05, 4.69) is 32.0 Å². The van der Waals surface area contributed by atoms with Crippen molar-refractivity contribution in [1.82, 2.24) is 0 Å². The second kappa shape index (κ2) is 4.68. The average Bonchev–Trinajstić information content (AvgIpc) is 2.06. The van der Waals surface area contributed by atoms with Crippen LogP contribution in [0.4, 0.5) is 0 Å². The molecule has 1 nitrogen and oxygen atoms in total. The van der Waals surface area contributed by atoms with Crippen LogP contribution in [0, 0.1) is 13.8 Å². The van der Waals surface area contributed by atoms with Gasteiger partial charge in [0.15, 0.2) is 0 Å². The molecule has 1 aromatic rings. The zero-order chi connectivity index (χ0) is 9.84. The fourth-order valence-corrected chi connectivity index (χ4v) is 2.09. The van der Waals surface area contributed by atoms with E-state index >= 15 is 0 Å². The van der Waals surface area contributed by atoms with Crippen molar-refractivity contribution in [2.24, 2.45) is 5.73 Å². The van der Waals surface area contributed by atoms with Crippen molar-refractivity contribution in [3.05, 3.63) is 29.3 Å². The highest BCUT2D eigenvalue weighted by molar-refractivity contribution is 7.99. The van der Waals surface area contributed by atoms with Gasteiger partial charge in [0.2, 0.25) is 0 Å². The maximum atomic E-state index is 5.71. The first-order chi connectivity index (χ1) is 6.09. The van der Waals surface area contributed by atoms with E-state index in [-0.39, 0.29) is 6.04 Å². The van der Waals surface area contributed by atoms with E-state index in [9.17, 15) is 0 Å². The second-order valence-electron chi connectivity index (χ2n) is 3.56. The molecular formula is C11H17NS. The van der Waals surface area contributed by atoms with E-state index in [1.54, 1.807) is 0 Å². The molecule has 2 N–H and O–H groups in total. The number of nitrogens with two attached hydrogens (primary N) is 1. The summed E-state index contributed by atoms with van der Waals surface area (Å²) < 4.78 is 0. The fourth-order valence-electron chi connectivity index (χ4n) is 1.08.